The maximum Gasteiger partial charge on any atom is 0.573 e. The van der Waals surface area contributed by atoms with E-state index in [1.165, 1.54) is 24.5 Å². The van der Waals surface area contributed by atoms with Crippen LogP contribution in [0.25, 0.3) is 5.82 Å². The minimum atomic E-state index is -4.86. The lowest BCUT2D eigenvalue weighted by molar-refractivity contribution is -0.274. The molecule has 0 radical (unpaired) electrons. The van der Waals surface area contributed by atoms with Gasteiger partial charge in [0.25, 0.3) is 0 Å². The molecule has 2 heterocycles. The van der Waals surface area contributed by atoms with Crippen LogP contribution < -0.4 is 20.7 Å². The maximum absolute atomic E-state index is 12.5. The van der Waals surface area contributed by atoms with Gasteiger partial charge in [0.15, 0.2) is 5.75 Å². The van der Waals surface area contributed by atoms with Gasteiger partial charge in [-0.1, -0.05) is 12.1 Å². The number of urea groups is 1. The summed E-state index contributed by atoms with van der Waals surface area (Å²) in [5.74, 6) is 0.686. The van der Waals surface area contributed by atoms with Gasteiger partial charge in [0.1, 0.15) is 24.3 Å². The lowest BCUT2D eigenvalue weighted by Gasteiger charge is -2.14. The Hall–Kier alpha value is -3.83. The maximum atomic E-state index is 12.5. The van der Waals surface area contributed by atoms with Gasteiger partial charge in [-0.15, -0.1) is 13.2 Å². The molecule has 2 amide bonds. The molecule has 0 unspecified atom stereocenters. The van der Waals surface area contributed by atoms with Crippen molar-refractivity contribution in [2.24, 2.45) is 0 Å². The third-order valence-electron chi connectivity index (χ3n) is 4.23. The molecule has 31 heavy (non-hydrogen) atoms. The molecule has 0 bridgehead atoms. The van der Waals surface area contributed by atoms with E-state index in [0.717, 1.165) is 17.5 Å². The predicted molar refractivity (Wildman–Crippen MR) is 107 cm³/mol. The van der Waals surface area contributed by atoms with Crippen molar-refractivity contribution in [2.45, 2.75) is 20.2 Å². The molecule has 3 N–H and O–H groups in total. The second-order valence-electron chi connectivity index (χ2n) is 6.40. The quantitative estimate of drug-likeness (QED) is 0.491. The van der Waals surface area contributed by atoms with E-state index in [0.29, 0.717) is 18.2 Å². The van der Waals surface area contributed by atoms with Crippen LogP contribution in [0.4, 0.5) is 29.5 Å². The number of alkyl halides is 3. The summed E-state index contributed by atoms with van der Waals surface area (Å²) in [6.07, 6.45) is -1.78. The number of rotatable bonds is 7. The molecule has 3 aromatic rings. The third-order valence-corrected chi connectivity index (χ3v) is 4.23. The number of nitrogens with one attached hydrogen (secondary N) is 3. The van der Waals surface area contributed by atoms with Gasteiger partial charge >= 0.3 is 12.4 Å². The Kier molecular flexibility index (Phi) is 6.58. The molecule has 3 rings (SSSR count). The third kappa shape index (κ3) is 6.07. The fraction of sp³-hybridized carbons (Fsp3) is 0.263. The molecule has 0 saturated heterocycles. The minimum Gasteiger partial charge on any atom is -0.404 e. The molecule has 2 aromatic heterocycles. The first-order chi connectivity index (χ1) is 14.7. The van der Waals surface area contributed by atoms with Crippen molar-refractivity contribution in [1.82, 2.24) is 24.8 Å². The van der Waals surface area contributed by atoms with Crippen molar-refractivity contribution in [3.63, 3.8) is 0 Å². The summed E-state index contributed by atoms with van der Waals surface area (Å²) in [5.41, 5.74) is 1.75. The van der Waals surface area contributed by atoms with Gasteiger partial charge in [-0.05, 0) is 26.0 Å². The average molecular weight is 435 g/mol. The monoisotopic (exact) mass is 435 g/mol. The molecule has 0 aliphatic carbocycles. The van der Waals surface area contributed by atoms with Crippen LogP contribution in [0.3, 0.4) is 0 Å². The van der Waals surface area contributed by atoms with Crippen LogP contribution in [0.15, 0.2) is 43.0 Å². The number of anilines is 2. The molecule has 9 nitrogen and oxygen atoms in total. The highest BCUT2D eigenvalue weighted by Gasteiger charge is 2.32. The molecule has 0 aliphatic rings. The predicted octanol–water partition coefficient (Wildman–Crippen LogP) is 3.41. The highest BCUT2D eigenvalue weighted by atomic mass is 19.4. The van der Waals surface area contributed by atoms with Gasteiger partial charge < -0.3 is 20.7 Å². The zero-order chi connectivity index (χ0) is 22.4. The Bertz CT molecular complexity index is 1050. The van der Waals surface area contributed by atoms with E-state index >= 15 is 0 Å². The number of carbonyl (C=O) groups excluding carboxylic acids is 1. The highest BCUT2D eigenvalue weighted by molar-refractivity contribution is 5.90. The first-order valence-corrected chi connectivity index (χ1v) is 9.19. The molecule has 12 heteroatoms. The van der Waals surface area contributed by atoms with Crippen LogP contribution >= 0.6 is 0 Å². The van der Waals surface area contributed by atoms with E-state index in [2.05, 4.69) is 35.6 Å². The van der Waals surface area contributed by atoms with Crippen LogP contribution in [0, 0.1) is 13.8 Å². The highest BCUT2D eigenvalue weighted by Crippen LogP contribution is 2.29. The first-order valence-electron chi connectivity index (χ1n) is 9.19. The van der Waals surface area contributed by atoms with E-state index in [9.17, 15) is 18.0 Å². The summed E-state index contributed by atoms with van der Waals surface area (Å²) in [7, 11) is 0. The fourth-order valence-corrected chi connectivity index (χ4v) is 2.62. The van der Waals surface area contributed by atoms with Crippen LogP contribution in [0.1, 0.15) is 11.4 Å². The molecule has 164 valence electrons. The summed E-state index contributed by atoms with van der Waals surface area (Å²) in [6.45, 7) is 4.34. The second kappa shape index (κ2) is 9.32. The van der Waals surface area contributed by atoms with Gasteiger partial charge in [-0.25, -0.2) is 19.7 Å². The normalized spacial score (nSPS) is 11.1. The van der Waals surface area contributed by atoms with Crippen molar-refractivity contribution in [3.8, 4) is 11.6 Å². The Morgan fingerprint density at radius 2 is 1.90 bits per heavy atom. The van der Waals surface area contributed by atoms with Crippen molar-refractivity contribution < 1.29 is 22.7 Å². The number of ether oxygens (including phenoxy) is 1. The van der Waals surface area contributed by atoms with Gasteiger partial charge in [-0.3, -0.25) is 4.57 Å². The van der Waals surface area contributed by atoms with E-state index in [4.69, 9.17) is 0 Å². The molecule has 0 spiro atoms. The van der Waals surface area contributed by atoms with Crippen LogP contribution in [0.5, 0.6) is 5.75 Å². The number of imidazole rings is 1. The number of para-hydroxylation sites is 2. The Labute approximate surface area is 175 Å². The molecule has 1 aromatic carbocycles. The number of halogens is 3. The van der Waals surface area contributed by atoms with E-state index in [1.54, 1.807) is 12.4 Å². The van der Waals surface area contributed by atoms with Gasteiger partial charge in [0.05, 0.1) is 11.4 Å². The van der Waals surface area contributed by atoms with Crippen molar-refractivity contribution in [1.29, 1.82) is 0 Å². The number of aryl methyl sites for hydroxylation is 1. The lowest BCUT2D eigenvalue weighted by atomic mass is 10.3. The molecule has 0 aliphatic heterocycles. The van der Waals surface area contributed by atoms with Crippen molar-refractivity contribution in [2.75, 3.05) is 23.7 Å². The van der Waals surface area contributed by atoms with Crippen LogP contribution in [-0.4, -0.2) is 45.0 Å². The number of hydrogen-bond acceptors (Lipinski definition) is 6. The molecule has 0 saturated carbocycles. The second-order valence-corrected chi connectivity index (χ2v) is 6.40. The van der Waals surface area contributed by atoms with Gasteiger partial charge in [0, 0.05) is 24.8 Å². The lowest BCUT2D eigenvalue weighted by Crippen LogP contribution is -2.33. The summed E-state index contributed by atoms with van der Waals surface area (Å²) in [5, 5.41) is 7.92. The summed E-state index contributed by atoms with van der Waals surface area (Å²) >= 11 is 0. The topological polar surface area (TPSA) is 106 Å². The zero-order valence-corrected chi connectivity index (χ0v) is 16.7. The number of nitrogens with zero attached hydrogens (tertiary/aromatic N) is 4. The number of amides is 2. The van der Waals surface area contributed by atoms with Crippen LogP contribution in [-0.2, 0) is 0 Å². The molecule has 0 atom stereocenters. The summed E-state index contributed by atoms with van der Waals surface area (Å²) in [6, 6.07) is 6.33. The smallest absolute Gasteiger partial charge is 0.404 e. The zero-order valence-electron chi connectivity index (χ0n) is 16.7. The van der Waals surface area contributed by atoms with E-state index in [-0.39, 0.29) is 12.2 Å². The molecular weight excluding hydrogens is 415 g/mol. The molecular formula is C19H20F3N7O2. The standard InChI is InChI=1S/C19H20F3N7O2/c1-12-13(2)29(11-27-12)17-9-16(25-10-26-17)23-7-8-24-18(30)28-14-5-3-4-6-15(14)31-19(20,21)22/h3-6,9-11H,7-8H2,1-2H3,(H,23,25,26)(H2,24,28,30). The van der Waals surface area contributed by atoms with E-state index in [1.807, 2.05) is 18.4 Å². The number of benzene rings is 1. The Morgan fingerprint density at radius 3 is 2.61 bits per heavy atom. The van der Waals surface area contributed by atoms with Crippen LogP contribution in [0.2, 0.25) is 0 Å². The Balaban J connectivity index is 1.50. The van der Waals surface area contributed by atoms with Gasteiger partial charge in [0.2, 0.25) is 0 Å². The summed E-state index contributed by atoms with van der Waals surface area (Å²) < 4.78 is 43.1. The average Bonchev–Trinajstić information content (AvgIpc) is 3.05. The van der Waals surface area contributed by atoms with E-state index < -0.39 is 18.1 Å². The first kappa shape index (κ1) is 21.9. The van der Waals surface area contributed by atoms with Crippen molar-refractivity contribution in [3.05, 3.63) is 54.4 Å². The fourth-order valence-electron chi connectivity index (χ4n) is 2.62. The SMILES string of the molecule is Cc1ncn(-c2cc(NCCNC(=O)Nc3ccccc3OC(F)(F)F)ncn2)c1C. The molecule has 0 fully saturated rings. The Morgan fingerprint density at radius 1 is 1.13 bits per heavy atom. The number of aromatic nitrogens is 4. The minimum absolute atomic E-state index is 0.100. The number of carbonyl (C=O) groups is 1. The number of hydrogen-bond donors (Lipinski definition) is 3. The van der Waals surface area contributed by atoms with Crippen molar-refractivity contribution >= 4 is 17.5 Å². The summed E-state index contributed by atoms with van der Waals surface area (Å²) in [4.78, 5) is 24.6. The largest absolute Gasteiger partial charge is 0.573 e. The van der Waals surface area contributed by atoms with Gasteiger partial charge in [-0.2, -0.15) is 0 Å².